The molecule has 1 aliphatic carbocycles. The van der Waals surface area contributed by atoms with Gasteiger partial charge in [0.1, 0.15) is 0 Å². The lowest BCUT2D eigenvalue weighted by Gasteiger charge is -2.15. The van der Waals surface area contributed by atoms with Crippen LogP contribution in [0.25, 0.3) is 0 Å². The lowest BCUT2D eigenvalue weighted by Crippen LogP contribution is -2.27. The molecule has 1 heteroatoms. The van der Waals surface area contributed by atoms with Crippen molar-refractivity contribution in [3.8, 4) is 0 Å². The van der Waals surface area contributed by atoms with Crippen LogP contribution >= 0.6 is 0 Å². The fraction of sp³-hybridized carbons (Fsp3) is 0.818. The van der Waals surface area contributed by atoms with Gasteiger partial charge in [0, 0.05) is 6.04 Å². The molecule has 0 fully saturated rings. The Morgan fingerprint density at radius 3 is 3.00 bits per heavy atom. The number of hydrogen-bond donors (Lipinski definition) is 1. The topological polar surface area (TPSA) is 12.0 Å². The van der Waals surface area contributed by atoms with E-state index < -0.39 is 0 Å². The molecule has 70 valence electrons. The van der Waals surface area contributed by atoms with Crippen LogP contribution in [-0.2, 0) is 0 Å². The summed E-state index contributed by atoms with van der Waals surface area (Å²) in [6.45, 7) is 5.53. The zero-order chi connectivity index (χ0) is 8.81. The van der Waals surface area contributed by atoms with E-state index in [1.165, 1.54) is 32.1 Å². The van der Waals surface area contributed by atoms with E-state index in [2.05, 4.69) is 25.2 Å². The SMILES string of the molecule is CCNC(C)C1=CCCCCC1. The van der Waals surface area contributed by atoms with Crippen LogP contribution in [0, 0.1) is 0 Å². The Hall–Kier alpha value is -0.300. The van der Waals surface area contributed by atoms with Crippen LogP contribution in [0.15, 0.2) is 11.6 Å². The van der Waals surface area contributed by atoms with Crippen LogP contribution in [0.4, 0.5) is 0 Å². The van der Waals surface area contributed by atoms with Crippen LogP contribution in [0.5, 0.6) is 0 Å². The zero-order valence-electron chi connectivity index (χ0n) is 8.40. The zero-order valence-corrected chi connectivity index (χ0v) is 8.40. The van der Waals surface area contributed by atoms with E-state index in [0.29, 0.717) is 6.04 Å². The average Bonchev–Trinajstić information content (AvgIpc) is 2.32. The summed E-state index contributed by atoms with van der Waals surface area (Å²) in [7, 11) is 0. The first-order chi connectivity index (χ1) is 5.84. The van der Waals surface area contributed by atoms with Gasteiger partial charge in [-0.3, -0.25) is 0 Å². The Morgan fingerprint density at radius 2 is 2.25 bits per heavy atom. The van der Waals surface area contributed by atoms with Crippen molar-refractivity contribution >= 4 is 0 Å². The van der Waals surface area contributed by atoms with E-state index in [-0.39, 0.29) is 0 Å². The number of hydrogen-bond acceptors (Lipinski definition) is 1. The second-order valence-electron chi connectivity index (χ2n) is 3.66. The highest BCUT2D eigenvalue weighted by Crippen LogP contribution is 2.19. The molecule has 0 aromatic carbocycles. The molecule has 1 rings (SSSR count). The molecule has 12 heavy (non-hydrogen) atoms. The molecule has 1 nitrogen and oxygen atoms in total. The van der Waals surface area contributed by atoms with Crippen molar-refractivity contribution in [1.29, 1.82) is 0 Å². The van der Waals surface area contributed by atoms with Gasteiger partial charge in [-0.25, -0.2) is 0 Å². The maximum Gasteiger partial charge on any atom is 0.0250 e. The van der Waals surface area contributed by atoms with Gasteiger partial charge in [-0.2, -0.15) is 0 Å². The van der Waals surface area contributed by atoms with E-state index in [1.54, 1.807) is 5.57 Å². The lowest BCUT2D eigenvalue weighted by molar-refractivity contribution is 0.602. The van der Waals surface area contributed by atoms with E-state index >= 15 is 0 Å². The minimum Gasteiger partial charge on any atom is -0.311 e. The highest BCUT2D eigenvalue weighted by atomic mass is 14.9. The molecule has 1 aliphatic rings. The standard InChI is InChI=1S/C11H21N/c1-3-12-10(2)11-8-6-4-5-7-9-11/h8,10,12H,3-7,9H2,1-2H3. The van der Waals surface area contributed by atoms with Gasteiger partial charge in [-0.05, 0) is 39.2 Å². The monoisotopic (exact) mass is 167 g/mol. The maximum atomic E-state index is 3.47. The molecule has 1 N–H and O–H groups in total. The van der Waals surface area contributed by atoms with E-state index in [0.717, 1.165) is 6.54 Å². The minimum absolute atomic E-state index is 0.605. The normalized spacial score (nSPS) is 21.3. The summed E-state index contributed by atoms with van der Waals surface area (Å²) in [4.78, 5) is 0. The second kappa shape index (κ2) is 5.36. The van der Waals surface area contributed by atoms with Crippen molar-refractivity contribution in [2.75, 3.05) is 6.54 Å². The van der Waals surface area contributed by atoms with Crippen LogP contribution in [0.1, 0.15) is 46.0 Å². The first-order valence-corrected chi connectivity index (χ1v) is 5.27. The minimum atomic E-state index is 0.605. The smallest absolute Gasteiger partial charge is 0.0250 e. The summed E-state index contributed by atoms with van der Waals surface area (Å²) in [5, 5.41) is 3.47. The summed E-state index contributed by atoms with van der Waals surface area (Å²) < 4.78 is 0. The first-order valence-electron chi connectivity index (χ1n) is 5.27. The molecule has 0 saturated carbocycles. The summed E-state index contributed by atoms with van der Waals surface area (Å²) in [6, 6.07) is 0.605. The number of rotatable bonds is 3. The van der Waals surface area contributed by atoms with E-state index in [9.17, 15) is 0 Å². The molecule has 0 heterocycles. The Balaban J connectivity index is 2.41. The Bertz CT molecular complexity index is 149. The molecule has 0 saturated heterocycles. The van der Waals surface area contributed by atoms with Gasteiger partial charge >= 0.3 is 0 Å². The molecular weight excluding hydrogens is 146 g/mol. The number of allylic oxidation sites excluding steroid dienone is 1. The predicted molar refractivity (Wildman–Crippen MR) is 54.3 cm³/mol. The summed E-state index contributed by atoms with van der Waals surface area (Å²) in [5.41, 5.74) is 1.63. The second-order valence-corrected chi connectivity index (χ2v) is 3.66. The van der Waals surface area contributed by atoms with Crippen molar-refractivity contribution in [3.63, 3.8) is 0 Å². The third-order valence-electron chi connectivity index (χ3n) is 2.64. The van der Waals surface area contributed by atoms with Gasteiger partial charge in [0.25, 0.3) is 0 Å². The van der Waals surface area contributed by atoms with E-state index in [4.69, 9.17) is 0 Å². The van der Waals surface area contributed by atoms with Crippen molar-refractivity contribution in [2.24, 2.45) is 0 Å². The van der Waals surface area contributed by atoms with Gasteiger partial charge in [0.05, 0.1) is 0 Å². The Labute approximate surface area is 76.2 Å². The molecule has 0 spiro atoms. The average molecular weight is 167 g/mol. The van der Waals surface area contributed by atoms with Gasteiger partial charge in [0.2, 0.25) is 0 Å². The lowest BCUT2D eigenvalue weighted by atomic mass is 10.0. The van der Waals surface area contributed by atoms with Gasteiger partial charge in [-0.15, -0.1) is 0 Å². The van der Waals surface area contributed by atoms with Crippen molar-refractivity contribution in [1.82, 2.24) is 5.32 Å². The third-order valence-corrected chi connectivity index (χ3v) is 2.64. The summed E-state index contributed by atoms with van der Waals surface area (Å²) in [5.74, 6) is 0. The highest BCUT2D eigenvalue weighted by molar-refractivity contribution is 5.10. The Kier molecular flexibility index (Phi) is 4.37. The maximum absolute atomic E-state index is 3.47. The van der Waals surface area contributed by atoms with Crippen molar-refractivity contribution < 1.29 is 0 Å². The number of nitrogens with one attached hydrogen (secondary N) is 1. The molecule has 0 aromatic rings. The van der Waals surface area contributed by atoms with Gasteiger partial charge < -0.3 is 5.32 Å². The fourth-order valence-corrected chi connectivity index (χ4v) is 1.87. The van der Waals surface area contributed by atoms with Crippen molar-refractivity contribution in [3.05, 3.63) is 11.6 Å². The fourth-order valence-electron chi connectivity index (χ4n) is 1.87. The van der Waals surface area contributed by atoms with Crippen molar-refractivity contribution in [2.45, 2.75) is 52.0 Å². The molecular formula is C11H21N. The molecule has 0 aromatic heterocycles. The quantitative estimate of drug-likeness (QED) is 0.637. The van der Waals surface area contributed by atoms with Crippen LogP contribution < -0.4 is 5.32 Å². The summed E-state index contributed by atoms with van der Waals surface area (Å²) >= 11 is 0. The molecule has 1 atom stereocenters. The molecule has 0 aliphatic heterocycles. The molecule has 0 radical (unpaired) electrons. The van der Waals surface area contributed by atoms with Gasteiger partial charge in [0.15, 0.2) is 0 Å². The molecule has 0 amide bonds. The van der Waals surface area contributed by atoms with Crippen LogP contribution in [0.2, 0.25) is 0 Å². The third kappa shape index (κ3) is 2.98. The largest absolute Gasteiger partial charge is 0.311 e. The van der Waals surface area contributed by atoms with E-state index in [1.807, 2.05) is 0 Å². The number of likely N-dealkylation sites (N-methyl/N-ethyl adjacent to an activating group) is 1. The Morgan fingerprint density at radius 1 is 1.42 bits per heavy atom. The van der Waals surface area contributed by atoms with Crippen LogP contribution in [-0.4, -0.2) is 12.6 Å². The highest BCUT2D eigenvalue weighted by Gasteiger charge is 2.08. The summed E-state index contributed by atoms with van der Waals surface area (Å²) in [6.07, 6.45) is 9.25. The van der Waals surface area contributed by atoms with Gasteiger partial charge in [-0.1, -0.05) is 25.0 Å². The predicted octanol–water partition coefficient (Wildman–Crippen LogP) is 2.87. The molecule has 0 bridgehead atoms. The van der Waals surface area contributed by atoms with Crippen LogP contribution in [0.3, 0.4) is 0 Å². The molecule has 1 unspecified atom stereocenters. The first kappa shape index (κ1) is 9.79.